The summed E-state index contributed by atoms with van der Waals surface area (Å²) in [7, 11) is 3.98. The summed E-state index contributed by atoms with van der Waals surface area (Å²) in [5.41, 5.74) is 1.10. The van der Waals surface area contributed by atoms with Crippen molar-refractivity contribution < 1.29 is 0 Å². The third-order valence-corrected chi connectivity index (χ3v) is 3.44. The summed E-state index contributed by atoms with van der Waals surface area (Å²) >= 11 is 1.69. The average Bonchev–Trinajstić information content (AvgIpc) is 2.85. The van der Waals surface area contributed by atoms with E-state index in [1.54, 1.807) is 11.3 Å². The number of aryl methyl sites for hydroxylation is 2. The third kappa shape index (κ3) is 2.31. The van der Waals surface area contributed by atoms with Gasteiger partial charge in [0.15, 0.2) is 0 Å². The van der Waals surface area contributed by atoms with Gasteiger partial charge in [-0.2, -0.15) is 0 Å². The Kier molecular flexibility index (Phi) is 3.36. The van der Waals surface area contributed by atoms with Crippen LogP contribution in [0.3, 0.4) is 0 Å². The van der Waals surface area contributed by atoms with Gasteiger partial charge in [0, 0.05) is 31.2 Å². The Morgan fingerprint density at radius 1 is 1.56 bits per heavy atom. The highest BCUT2D eigenvalue weighted by atomic mass is 32.1. The lowest BCUT2D eigenvalue weighted by Crippen LogP contribution is -2.20. The van der Waals surface area contributed by atoms with Crippen molar-refractivity contribution in [1.29, 1.82) is 0 Å². The first-order chi connectivity index (χ1) is 7.70. The fourth-order valence-corrected chi connectivity index (χ4v) is 2.34. The predicted molar refractivity (Wildman–Crippen MR) is 65.6 cm³/mol. The maximum atomic E-state index is 4.51. The van der Waals surface area contributed by atoms with E-state index in [2.05, 4.69) is 20.7 Å². The van der Waals surface area contributed by atoms with Crippen molar-refractivity contribution >= 4 is 11.3 Å². The Balaban J connectivity index is 2.15. The smallest absolute Gasteiger partial charge is 0.110 e. The molecule has 2 aromatic heterocycles. The second-order valence-electron chi connectivity index (χ2n) is 3.79. The number of hydrogen-bond acceptors (Lipinski definition) is 4. The van der Waals surface area contributed by atoms with Crippen molar-refractivity contribution in [2.45, 2.75) is 19.4 Å². The lowest BCUT2D eigenvalue weighted by Gasteiger charge is -2.13. The minimum absolute atomic E-state index is 0.242. The van der Waals surface area contributed by atoms with Crippen LogP contribution in [0.5, 0.6) is 0 Å². The Labute approximate surface area is 99.4 Å². The van der Waals surface area contributed by atoms with Gasteiger partial charge in [0.05, 0.1) is 16.7 Å². The zero-order valence-corrected chi connectivity index (χ0v) is 10.6. The molecule has 2 rings (SSSR count). The van der Waals surface area contributed by atoms with E-state index in [-0.39, 0.29) is 6.04 Å². The van der Waals surface area contributed by atoms with Crippen LogP contribution < -0.4 is 5.32 Å². The van der Waals surface area contributed by atoms with Gasteiger partial charge in [0.25, 0.3) is 0 Å². The van der Waals surface area contributed by atoms with Gasteiger partial charge in [-0.1, -0.05) is 0 Å². The summed E-state index contributed by atoms with van der Waals surface area (Å²) < 4.78 is 2.05. The van der Waals surface area contributed by atoms with Crippen molar-refractivity contribution in [3.05, 3.63) is 34.3 Å². The highest BCUT2D eigenvalue weighted by Gasteiger charge is 2.15. The third-order valence-electron chi connectivity index (χ3n) is 2.65. The molecule has 5 heteroatoms. The molecule has 16 heavy (non-hydrogen) atoms. The number of nitrogens with zero attached hydrogens (tertiary/aromatic N) is 3. The minimum atomic E-state index is 0.242. The normalized spacial score (nSPS) is 12.9. The Bertz CT molecular complexity index is 460. The van der Waals surface area contributed by atoms with Gasteiger partial charge >= 0.3 is 0 Å². The molecule has 1 N–H and O–H groups in total. The number of likely N-dealkylation sites (N-methyl/N-ethyl adjacent to an activating group) is 1. The van der Waals surface area contributed by atoms with Gasteiger partial charge in [-0.25, -0.2) is 9.97 Å². The fraction of sp³-hybridized carbons (Fsp3) is 0.455. The lowest BCUT2D eigenvalue weighted by atomic mass is 10.1. The quantitative estimate of drug-likeness (QED) is 0.878. The summed E-state index contributed by atoms with van der Waals surface area (Å²) in [6, 6.07) is 0.242. The monoisotopic (exact) mass is 236 g/mol. The van der Waals surface area contributed by atoms with Crippen LogP contribution in [0.15, 0.2) is 17.8 Å². The SMILES string of the molecule is CNC(Cc1nccn1C)c1csc(C)n1. The van der Waals surface area contributed by atoms with Crippen molar-refractivity contribution in [2.75, 3.05) is 7.05 Å². The molecule has 0 bridgehead atoms. The molecule has 0 saturated heterocycles. The van der Waals surface area contributed by atoms with Gasteiger partial charge < -0.3 is 9.88 Å². The molecule has 0 radical (unpaired) electrons. The maximum absolute atomic E-state index is 4.51. The molecule has 0 aliphatic heterocycles. The van der Waals surface area contributed by atoms with Crippen molar-refractivity contribution in [1.82, 2.24) is 19.9 Å². The van der Waals surface area contributed by atoms with Crippen molar-refractivity contribution in [3.63, 3.8) is 0 Å². The van der Waals surface area contributed by atoms with Crippen molar-refractivity contribution in [3.8, 4) is 0 Å². The summed E-state index contributed by atoms with van der Waals surface area (Å²) in [5, 5.41) is 6.51. The first-order valence-electron chi connectivity index (χ1n) is 5.26. The van der Waals surface area contributed by atoms with Gasteiger partial charge in [-0.3, -0.25) is 0 Å². The average molecular weight is 236 g/mol. The second-order valence-corrected chi connectivity index (χ2v) is 4.85. The van der Waals surface area contributed by atoms with Crippen LogP contribution in [0.25, 0.3) is 0 Å². The molecule has 0 amide bonds. The van der Waals surface area contributed by atoms with Crippen LogP contribution in [0, 0.1) is 6.92 Å². The topological polar surface area (TPSA) is 42.7 Å². The molecule has 4 nitrogen and oxygen atoms in total. The largest absolute Gasteiger partial charge is 0.338 e. The van der Waals surface area contributed by atoms with Gasteiger partial charge in [0.2, 0.25) is 0 Å². The Hall–Kier alpha value is -1.20. The highest BCUT2D eigenvalue weighted by molar-refractivity contribution is 7.09. The van der Waals surface area contributed by atoms with Gasteiger partial charge in [-0.15, -0.1) is 11.3 Å². The molecule has 86 valence electrons. The highest BCUT2D eigenvalue weighted by Crippen LogP contribution is 2.19. The van der Waals surface area contributed by atoms with Crippen LogP contribution >= 0.6 is 11.3 Å². The standard InChI is InChI=1S/C11H16N4S/c1-8-14-10(7-16-8)9(12-2)6-11-13-4-5-15(11)3/h4-5,7,9,12H,6H2,1-3H3. The molecule has 1 atom stereocenters. The summed E-state index contributed by atoms with van der Waals surface area (Å²) in [4.78, 5) is 8.85. The van der Waals surface area contributed by atoms with Gasteiger partial charge in [-0.05, 0) is 14.0 Å². The summed E-state index contributed by atoms with van der Waals surface area (Å²) in [5.74, 6) is 1.07. The minimum Gasteiger partial charge on any atom is -0.338 e. The molecule has 1 unspecified atom stereocenters. The number of rotatable bonds is 4. The Morgan fingerprint density at radius 2 is 2.38 bits per heavy atom. The molecule has 0 fully saturated rings. The van der Waals surface area contributed by atoms with E-state index in [4.69, 9.17) is 0 Å². The number of aromatic nitrogens is 3. The molecule has 2 heterocycles. The van der Waals surface area contributed by atoms with E-state index >= 15 is 0 Å². The number of hydrogen-bond donors (Lipinski definition) is 1. The van der Waals surface area contributed by atoms with E-state index in [0.29, 0.717) is 0 Å². The van der Waals surface area contributed by atoms with Crippen LogP contribution in [0.1, 0.15) is 22.6 Å². The first-order valence-corrected chi connectivity index (χ1v) is 6.14. The Morgan fingerprint density at radius 3 is 2.88 bits per heavy atom. The van der Waals surface area contributed by atoms with Crippen LogP contribution in [0.2, 0.25) is 0 Å². The molecular weight excluding hydrogens is 220 g/mol. The zero-order chi connectivity index (χ0) is 11.5. The van der Waals surface area contributed by atoms with E-state index in [1.807, 2.05) is 38.0 Å². The molecule has 0 saturated carbocycles. The molecule has 0 aliphatic rings. The first kappa shape index (κ1) is 11.3. The predicted octanol–water partition coefficient (Wildman–Crippen LogP) is 1.69. The molecule has 0 spiro atoms. The summed E-state index contributed by atoms with van der Waals surface area (Å²) in [6.07, 6.45) is 4.66. The lowest BCUT2D eigenvalue weighted by molar-refractivity contribution is 0.552. The number of imidazole rings is 1. The maximum Gasteiger partial charge on any atom is 0.110 e. The zero-order valence-electron chi connectivity index (χ0n) is 9.77. The van der Waals surface area contributed by atoms with Crippen LogP contribution in [0.4, 0.5) is 0 Å². The second kappa shape index (κ2) is 4.76. The van der Waals surface area contributed by atoms with Crippen molar-refractivity contribution in [2.24, 2.45) is 7.05 Å². The van der Waals surface area contributed by atoms with E-state index < -0.39 is 0 Å². The molecule has 2 aromatic rings. The van der Waals surface area contributed by atoms with Crippen LogP contribution in [-0.4, -0.2) is 21.6 Å². The van der Waals surface area contributed by atoms with E-state index in [0.717, 1.165) is 22.9 Å². The van der Waals surface area contributed by atoms with E-state index in [9.17, 15) is 0 Å². The summed E-state index contributed by atoms with van der Waals surface area (Å²) in [6.45, 7) is 2.03. The van der Waals surface area contributed by atoms with Gasteiger partial charge in [0.1, 0.15) is 5.82 Å². The number of thiazole rings is 1. The van der Waals surface area contributed by atoms with Crippen LogP contribution in [-0.2, 0) is 13.5 Å². The molecule has 0 aliphatic carbocycles. The fourth-order valence-electron chi connectivity index (χ4n) is 1.67. The number of nitrogens with one attached hydrogen (secondary N) is 1. The molecule has 0 aromatic carbocycles. The molecular formula is C11H16N4S. The van der Waals surface area contributed by atoms with E-state index in [1.165, 1.54) is 0 Å².